The largest absolute Gasteiger partial charge is 0.497 e. The summed E-state index contributed by atoms with van der Waals surface area (Å²) in [5.41, 5.74) is 3.46. The first-order chi connectivity index (χ1) is 9.12. The van der Waals surface area contributed by atoms with E-state index in [9.17, 15) is 4.79 Å². The summed E-state index contributed by atoms with van der Waals surface area (Å²) >= 11 is 0. The van der Waals surface area contributed by atoms with Crippen molar-refractivity contribution in [3.8, 4) is 5.75 Å². The number of carboxylic acids is 1. The third-order valence-electron chi connectivity index (χ3n) is 3.08. The second-order valence-electron chi connectivity index (χ2n) is 4.45. The Bertz CT molecular complexity index is 461. The van der Waals surface area contributed by atoms with Crippen molar-refractivity contribution >= 4 is 11.5 Å². The molecule has 0 bridgehead atoms. The zero-order valence-corrected chi connectivity index (χ0v) is 11.9. The average molecular weight is 262 g/mol. The zero-order chi connectivity index (χ0) is 14.3. The Morgan fingerprint density at radius 1 is 1.37 bits per heavy atom. The van der Waals surface area contributed by atoms with Gasteiger partial charge >= 0.3 is 5.97 Å². The van der Waals surface area contributed by atoms with E-state index in [-0.39, 0.29) is 6.42 Å². The summed E-state index contributed by atoms with van der Waals surface area (Å²) in [5.74, 6) is 0.0508. The Kier molecular flexibility index (Phi) is 6.13. The van der Waals surface area contributed by atoms with E-state index in [2.05, 4.69) is 13.8 Å². The second-order valence-corrected chi connectivity index (χ2v) is 4.45. The zero-order valence-electron chi connectivity index (χ0n) is 11.9. The molecule has 0 aliphatic carbocycles. The number of allylic oxidation sites excluding steroid dienone is 1. The highest BCUT2D eigenvalue weighted by atomic mass is 16.5. The quantitative estimate of drug-likeness (QED) is 0.810. The maximum absolute atomic E-state index is 10.7. The summed E-state index contributed by atoms with van der Waals surface area (Å²) in [5, 5.41) is 8.82. The van der Waals surface area contributed by atoms with E-state index in [1.807, 2.05) is 24.3 Å². The topological polar surface area (TPSA) is 46.5 Å². The van der Waals surface area contributed by atoms with Crippen molar-refractivity contribution in [2.75, 3.05) is 7.11 Å². The number of aliphatic carboxylic acids is 1. The predicted molar refractivity (Wildman–Crippen MR) is 77.5 cm³/mol. The van der Waals surface area contributed by atoms with Crippen LogP contribution in [0.2, 0.25) is 0 Å². The van der Waals surface area contributed by atoms with Gasteiger partial charge in [-0.1, -0.05) is 32.4 Å². The van der Waals surface area contributed by atoms with Crippen molar-refractivity contribution in [2.24, 2.45) is 0 Å². The maximum Gasteiger partial charge on any atom is 0.307 e. The van der Waals surface area contributed by atoms with Crippen LogP contribution in [-0.4, -0.2) is 18.2 Å². The van der Waals surface area contributed by atoms with Crippen molar-refractivity contribution in [3.05, 3.63) is 35.4 Å². The monoisotopic (exact) mass is 262 g/mol. The Morgan fingerprint density at radius 2 is 2.11 bits per heavy atom. The summed E-state index contributed by atoms with van der Waals surface area (Å²) in [6.07, 6.45) is 4.70. The molecule has 0 spiro atoms. The highest BCUT2D eigenvalue weighted by molar-refractivity contribution is 5.75. The fraction of sp³-hybridized carbons (Fsp3) is 0.438. The van der Waals surface area contributed by atoms with Gasteiger partial charge in [-0.15, -0.1) is 0 Å². The fourth-order valence-electron chi connectivity index (χ4n) is 2.13. The number of carbonyl (C=O) groups is 1. The van der Waals surface area contributed by atoms with Gasteiger partial charge in [-0.2, -0.15) is 0 Å². The maximum atomic E-state index is 10.7. The number of hydrogen-bond donors (Lipinski definition) is 1. The van der Waals surface area contributed by atoms with Gasteiger partial charge in [-0.3, -0.25) is 4.79 Å². The molecule has 0 unspecified atom stereocenters. The number of benzene rings is 1. The van der Waals surface area contributed by atoms with Gasteiger partial charge < -0.3 is 9.84 Å². The van der Waals surface area contributed by atoms with Crippen LogP contribution < -0.4 is 4.74 Å². The Morgan fingerprint density at radius 3 is 2.63 bits per heavy atom. The van der Waals surface area contributed by atoms with Gasteiger partial charge in [-0.05, 0) is 41.7 Å². The van der Waals surface area contributed by atoms with Crippen molar-refractivity contribution < 1.29 is 14.6 Å². The van der Waals surface area contributed by atoms with Gasteiger partial charge in [0, 0.05) is 0 Å². The van der Waals surface area contributed by atoms with Crippen LogP contribution in [0, 0.1) is 0 Å². The molecule has 0 saturated heterocycles. The molecule has 0 atom stereocenters. The van der Waals surface area contributed by atoms with Crippen LogP contribution >= 0.6 is 0 Å². The number of aryl methyl sites for hydroxylation is 1. The first kappa shape index (κ1) is 15.3. The normalized spacial score (nSPS) is 11.4. The van der Waals surface area contributed by atoms with E-state index in [4.69, 9.17) is 9.84 Å². The molecule has 1 N–H and O–H groups in total. The number of hydrogen-bond acceptors (Lipinski definition) is 2. The highest BCUT2D eigenvalue weighted by Gasteiger charge is 2.08. The molecule has 0 fully saturated rings. The molecule has 0 amide bonds. The molecule has 0 aliphatic rings. The Balaban J connectivity index is 3.14. The Labute approximate surface area is 114 Å². The smallest absolute Gasteiger partial charge is 0.307 e. The number of methoxy groups -OCH3 is 1. The van der Waals surface area contributed by atoms with Crippen LogP contribution in [0.25, 0.3) is 5.57 Å². The van der Waals surface area contributed by atoms with Crippen LogP contribution in [0.4, 0.5) is 0 Å². The first-order valence-corrected chi connectivity index (χ1v) is 6.70. The van der Waals surface area contributed by atoms with Crippen LogP contribution in [0.3, 0.4) is 0 Å². The van der Waals surface area contributed by atoms with Crippen molar-refractivity contribution in [3.63, 3.8) is 0 Å². The molecule has 3 heteroatoms. The molecular weight excluding hydrogens is 240 g/mol. The lowest BCUT2D eigenvalue weighted by Gasteiger charge is -2.13. The predicted octanol–water partition coefficient (Wildman–Crippen LogP) is 3.92. The molecule has 0 radical (unpaired) electrons. The summed E-state index contributed by atoms with van der Waals surface area (Å²) in [7, 11) is 1.65. The standard InChI is InChI=1S/C16H22O3/c1-4-6-13(7-10-16(17)18)15-9-8-14(19-3)11-12(15)5-2/h7-9,11H,4-6,10H2,1-3H3,(H,17,18)/b13-7+. The van der Waals surface area contributed by atoms with E-state index in [0.717, 1.165) is 36.1 Å². The van der Waals surface area contributed by atoms with E-state index in [0.29, 0.717) is 0 Å². The summed E-state index contributed by atoms with van der Waals surface area (Å²) in [6, 6.07) is 5.99. The SMILES string of the molecule is CCC/C(=C\CC(=O)O)c1ccc(OC)cc1CC. The average Bonchev–Trinajstić information content (AvgIpc) is 2.42. The second kappa shape index (κ2) is 7.62. The summed E-state index contributed by atoms with van der Waals surface area (Å²) in [6.45, 7) is 4.20. The summed E-state index contributed by atoms with van der Waals surface area (Å²) < 4.78 is 5.24. The lowest BCUT2D eigenvalue weighted by Crippen LogP contribution is -1.97. The molecule has 0 saturated carbocycles. The Hall–Kier alpha value is -1.77. The molecule has 104 valence electrons. The molecule has 1 aromatic rings. The third kappa shape index (κ3) is 4.43. The van der Waals surface area contributed by atoms with E-state index >= 15 is 0 Å². The van der Waals surface area contributed by atoms with Crippen LogP contribution in [0.5, 0.6) is 5.75 Å². The highest BCUT2D eigenvalue weighted by Crippen LogP contribution is 2.27. The molecule has 1 rings (SSSR count). The van der Waals surface area contributed by atoms with Crippen LogP contribution in [0.15, 0.2) is 24.3 Å². The van der Waals surface area contributed by atoms with Crippen molar-refractivity contribution in [1.29, 1.82) is 0 Å². The van der Waals surface area contributed by atoms with Gasteiger partial charge in [-0.25, -0.2) is 0 Å². The van der Waals surface area contributed by atoms with Gasteiger partial charge in [0.25, 0.3) is 0 Å². The van der Waals surface area contributed by atoms with Gasteiger partial charge in [0.2, 0.25) is 0 Å². The third-order valence-corrected chi connectivity index (χ3v) is 3.08. The lowest BCUT2D eigenvalue weighted by molar-refractivity contribution is -0.135. The lowest BCUT2D eigenvalue weighted by atomic mass is 9.94. The van der Waals surface area contributed by atoms with Gasteiger partial charge in [0.1, 0.15) is 5.75 Å². The van der Waals surface area contributed by atoms with Crippen molar-refractivity contribution in [1.82, 2.24) is 0 Å². The molecule has 19 heavy (non-hydrogen) atoms. The minimum Gasteiger partial charge on any atom is -0.497 e. The molecular formula is C16H22O3. The molecule has 0 aliphatic heterocycles. The van der Waals surface area contributed by atoms with E-state index in [1.54, 1.807) is 7.11 Å². The van der Waals surface area contributed by atoms with E-state index in [1.165, 1.54) is 5.56 Å². The molecule has 0 aromatic heterocycles. The number of ether oxygens (including phenoxy) is 1. The minimum atomic E-state index is -0.792. The van der Waals surface area contributed by atoms with Crippen LogP contribution in [0.1, 0.15) is 44.2 Å². The number of rotatable bonds is 7. The van der Waals surface area contributed by atoms with Gasteiger partial charge in [0.15, 0.2) is 0 Å². The minimum absolute atomic E-state index is 0.0739. The molecule has 0 heterocycles. The van der Waals surface area contributed by atoms with Crippen LogP contribution in [-0.2, 0) is 11.2 Å². The fourth-order valence-corrected chi connectivity index (χ4v) is 2.13. The molecule has 3 nitrogen and oxygen atoms in total. The van der Waals surface area contributed by atoms with Gasteiger partial charge in [0.05, 0.1) is 13.5 Å². The van der Waals surface area contributed by atoms with E-state index < -0.39 is 5.97 Å². The van der Waals surface area contributed by atoms with Crippen molar-refractivity contribution in [2.45, 2.75) is 39.5 Å². The molecule has 1 aromatic carbocycles. The summed E-state index contributed by atoms with van der Waals surface area (Å²) in [4.78, 5) is 10.7. The number of carboxylic acid groups (broad SMARTS) is 1. The first-order valence-electron chi connectivity index (χ1n) is 6.70.